The highest BCUT2D eigenvalue weighted by Crippen LogP contribution is 2.19. The van der Waals surface area contributed by atoms with Gasteiger partial charge in [-0.2, -0.15) is 0 Å². The number of benzene rings is 1. The van der Waals surface area contributed by atoms with Crippen LogP contribution in [0, 0.1) is 0 Å². The summed E-state index contributed by atoms with van der Waals surface area (Å²) in [5.74, 6) is 0. The Balaban J connectivity index is 2.74. The van der Waals surface area contributed by atoms with E-state index in [-0.39, 0.29) is 0 Å². The normalized spacial score (nSPS) is 11.7. The van der Waals surface area contributed by atoms with Crippen molar-refractivity contribution in [3.63, 3.8) is 0 Å². The van der Waals surface area contributed by atoms with Crippen molar-refractivity contribution in [2.45, 2.75) is 25.4 Å². The molecule has 0 fully saturated rings. The molecule has 0 saturated heterocycles. The highest BCUT2D eigenvalue weighted by molar-refractivity contribution is 6.66. The molecule has 0 bridgehead atoms. The summed E-state index contributed by atoms with van der Waals surface area (Å²) in [5.41, 5.74) is 1.31. The van der Waals surface area contributed by atoms with Gasteiger partial charge in [0, 0.05) is 20.3 Å². The summed E-state index contributed by atoms with van der Waals surface area (Å²) in [6.07, 6.45) is 1.11. The van der Waals surface area contributed by atoms with Crippen LogP contribution in [0.25, 0.3) is 0 Å². The van der Waals surface area contributed by atoms with Crippen LogP contribution in [0.4, 0.5) is 0 Å². The van der Waals surface area contributed by atoms with Crippen LogP contribution in [-0.2, 0) is 14.9 Å². The van der Waals surface area contributed by atoms with Gasteiger partial charge in [-0.05, 0) is 11.6 Å². The average molecular weight is 224 g/mol. The molecule has 1 aromatic rings. The first-order valence-electron chi connectivity index (χ1n) is 5.40. The highest BCUT2D eigenvalue weighted by Gasteiger charge is 2.34. The van der Waals surface area contributed by atoms with E-state index in [4.69, 9.17) is 8.85 Å². The third-order valence-electron chi connectivity index (χ3n) is 2.69. The first kappa shape index (κ1) is 12.4. The second-order valence-corrected chi connectivity index (χ2v) is 7.22. The molecule has 0 aliphatic heterocycles. The van der Waals surface area contributed by atoms with Crippen LogP contribution in [0.1, 0.15) is 18.9 Å². The Morgan fingerprint density at radius 1 is 1.07 bits per heavy atom. The molecule has 0 aliphatic rings. The summed E-state index contributed by atoms with van der Waals surface area (Å²) in [6, 6.07) is 12.4. The molecule has 84 valence electrons. The van der Waals surface area contributed by atoms with Crippen LogP contribution in [0.5, 0.6) is 0 Å². The van der Waals surface area contributed by atoms with Crippen LogP contribution in [0.15, 0.2) is 30.3 Å². The largest absolute Gasteiger partial charge is 0.397 e. The van der Waals surface area contributed by atoms with Crippen LogP contribution in [0.2, 0.25) is 6.04 Å². The van der Waals surface area contributed by atoms with Gasteiger partial charge >= 0.3 is 8.56 Å². The van der Waals surface area contributed by atoms with Gasteiger partial charge in [-0.15, -0.1) is 0 Å². The molecule has 0 aromatic heterocycles. The molecular formula is C12H20O2Si. The monoisotopic (exact) mass is 224 g/mol. The van der Waals surface area contributed by atoms with Crippen LogP contribution in [0.3, 0.4) is 0 Å². The summed E-state index contributed by atoms with van der Waals surface area (Å²) in [5, 5.41) is 0. The van der Waals surface area contributed by atoms with Crippen molar-refractivity contribution in [1.82, 2.24) is 0 Å². The van der Waals surface area contributed by atoms with Crippen molar-refractivity contribution >= 4 is 8.56 Å². The predicted molar refractivity (Wildman–Crippen MR) is 65.0 cm³/mol. The van der Waals surface area contributed by atoms with E-state index in [9.17, 15) is 0 Å². The molecule has 0 atom stereocenters. The van der Waals surface area contributed by atoms with E-state index in [1.54, 1.807) is 14.2 Å². The Morgan fingerprint density at radius 2 is 1.67 bits per heavy atom. The lowest BCUT2D eigenvalue weighted by Gasteiger charge is -2.27. The minimum atomic E-state index is -1.98. The zero-order valence-corrected chi connectivity index (χ0v) is 10.8. The van der Waals surface area contributed by atoms with Crippen LogP contribution < -0.4 is 0 Å². The van der Waals surface area contributed by atoms with Gasteiger partial charge in [0.2, 0.25) is 0 Å². The molecule has 2 nitrogen and oxygen atoms in total. The predicted octanol–water partition coefficient (Wildman–Crippen LogP) is 2.91. The van der Waals surface area contributed by atoms with E-state index >= 15 is 0 Å². The molecule has 0 unspecified atom stereocenters. The molecule has 15 heavy (non-hydrogen) atoms. The van der Waals surface area contributed by atoms with Gasteiger partial charge in [0.15, 0.2) is 0 Å². The first-order valence-corrected chi connectivity index (χ1v) is 7.63. The Labute approximate surface area is 93.5 Å². The standard InChI is InChI=1S/C12H20O2Si/c1-4-10-15(13-2,14-3)11-12-8-6-5-7-9-12/h5-9H,4,10-11H2,1-3H3. The first-order chi connectivity index (χ1) is 7.26. The van der Waals surface area contributed by atoms with Gasteiger partial charge in [0.25, 0.3) is 0 Å². The van der Waals surface area contributed by atoms with Gasteiger partial charge in [0.1, 0.15) is 0 Å². The Hall–Kier alpha value is -0.643. The summed E-state index contributed by atoms with van der Waals surface area (Å²) in [7, 11) is 1.56. The van der Waals surface area contributed by atoms with Crippen molar-refractivity contribution in [3.05, 3.63) is 35.9 Å². The Kier molecular flexibility index (Phi) is 5.01. The molecular weight excluding hydrogens is 204 g/mol. The maximum absolute atomic E-state index is 5.65. The molecule has 0 amide bonds. The second kappa shape index (κ2) is 6.05. The number of rotatable bonds is 6. The van der Waals surface area contributed by atoms with E-state index in [2.05, 4.69) is 31.2 Å². The van der Waals surface area contributed by atoms with E-state index < -0.39 is 8.56 Å². The van der Waals surface area contributed by atoms with E-state index in [1.165, 1.54) is 5.56 Å². The minimum absolute atomic E-state index is 0.939. The quantitative estimate of drug-likeness (QED) is 0.692. The maximum Gasteiger partial charge on any atom is 0.342 e. The van der Waals surface area contributed by atoms with Gasteiger partial charge in [-0.3, -0.25) is 0 Å². The Bertz CT molecular complexity index is 270. The Morgan fingerprint density at radius 3 is 2.13 bits per heavy atom. The van der Waals surface area contributed by atoms with Crippen molar-refractivity contribution in [2.24, 2.45) is 0 Å². The SMILES string of the molecule is CCC[Si](Cc1ccccc1)(OC)OC. The second-order valence-electron chi connectivity index (χ2n) is 3.73. The average Bonchev–Trinajstić information content (AvgIpc) is 2.30. The fraction of sp³-hybridized carbons (Fsp3) is 0.500. The maximum atomic E-state index is 5.65. The molecule has 1 rings (SSSR count). The zero-order chi connectivity index (χ0) is 11.1. The third kappa shape index (κ3) is 3.45. The van der Waals surface area contributed by atoms with E-state index in [0.29, 0.717) is 0 Å². The topological polar surface area (TPSA) is 18.5 Å². The molecule has 0 N–H and O–H groups in total. The highest BCUT2D eigenvalue weighted by atomic mass is 28.4. The molecule has 0 aliphatic carbocycles. The fourth-order valence-electron chi connectivity index (χ4n) is 1.81. The number of hydrogen-bond acceptors (Lipinski definition) is 2. The van der Waals surface area contributed by atoms with Crippen LogP contribution in [-0.4, -0.2) is 22.8 Å². The van der Waals surface area contributed by atoms with Gasteiger partial charge in [-0.1, -0.05) is 43.7 Å². The molecule has 1 aromatic carbocycles. The molecule has 0 radical (unpaired) electrons. The minimum Gasteiger partial charge on any atom is -0.397 e. The lowest BCUT2D eigenvalue weighted by molar-refractivity contribution is 0.240. The molecule has 0 spiro atoms. The molecule has 0 saturated carbocycles. The smallest absolute Gasteiger partial charge is 0.342 e. The summed E-state index contributed by atoms with van der Waals surface area (Å²) < 4.78 is 11.3. The van der Waals surface area contributed by atoms with Crippen molar-refractivity contribution in [3.8, 4) is 0 Å². The summed E-state index contributed by atoms with van der Waals surface area (Å²) in [4.78, 5) is 0. The van der Waals surface area contributed by atoms with Gasteiger partial charge in [0.05, 0.1) is 0 Å². The van der Waals surface area contributed by atoms with Gasteiger partial charge < -0.3 is 8.85 Å². The van der Waals surface area contributed by atoms with Crippen LogP contribution >= 0.6 is 0 Å². The van der Waals surface area contributed by atoms with Crippen molar-refractivity contribution < 1.29 is 8.85 Å². The lowest BCUT2D eigenvalue weighted by atomic mass is 10.2. The lowest BCUT2D eigenvalue weighted by Crippen LogP contribution is -2.42. The zero-order valence-electron chi connectivity index (χ0n) is 9.82. The molecule has 0 heterocycles. The van der Waals surface area contributed by atoms with E-state index in [0.717, 1.165) is 18.5 Å². The van der Waals surface area contributed by atoms with Crippen molar-refractivity contribution in [1.29, 1.82) is 0 Å². The van der Waals surface area contributed by atoms with Gasteiger partial charge in [-0.25, -0.2) is 0 Å². The molecule has 3 heteroatoms. The van der Waals surface area contributed by atoms with E-state index in [1.807, 2.05) is 6.07 Å². The fourth-order valence-corrected chi connectivity index (χ4v) is 4.47. The van der Waals surface area contributed by atoms with Crippen molar-refractivity contribution in [2.75, 3.05) is 14.2 Å². The number of hydrogen-bond donors (Lipinski definition) is 0. The third-order valence-corrected chi connectivity index (χ3v) is 6.39. The summed E-state index contributed by atoms with van der Waals surface area (Å²) in [6.45, 7) is 2.17. The summed E-state index contributed by atoms with van der Waals surface area (Å²) >= 11 is 0.